The first-order valence-corrected chi connectivity index (χ1v) is 10.3. The second-order valence-corrected chi connectivity index (χ2v) is 7.80. The van der Waals surface area contributed by atoms with Crippen LogP contribution in [0.5, 0.6) is 0 Å². The fourth-order valence-corrected chi connectivity index (χ4v) is 3.66. The normalized spacial score (nSPS) is 14.0. The molecule has 6 heteroatoms. The predicted molar refractivity (Wildman–Crippen MR) is 121 cm³/mol. The molecule has 6 nitrogen and oxygen atoms in total. The van der Waals surface area contributed by atoms with Crippen LogP contribution >= 0.6 is 0 Å². The van der Waals surface area contributed by atoms with Gasteiger partial charge in [0.1, 0.15) is 17.5 Å². The van der Waals surface area contributed by atoms with Gasteiger partial charge in [0.15, 0.2) is 0 Å². The molecule has 0 radical (unpaired) electrons. The summed E-state index contributed by atoms with van der Waals surface area (Å²) in [5, 5.41) is 3.36. The number of anilines is 3. The molecule has 1 aliphatic rings. The highest BCUT2D eigenvalue weighted by Gasteiger charge is 2.23. The van der Waals surface area contributed by atoms with E-state index in [2.05, 4.69) is 39.2 Å². The number of hydrogen-bond donors (Lipinski definition) is 1. The van der Waals surface area contributed by atoms with Crippen LogP contribution in [-0.2, 0) is 0 Å². The van der Waals surface area contributed by atoms with Crippen LogP contribution < -0.4 is 10.2 Å². The zero-order valence-corrected chi connectivity index (χ0v) is 17.7. The fourth-order valence-electron chi connectivity index (χ4n) is 3.66. The van der Waals surface area contributed by atoms with Gasteiger partial charge in [0.05, 0.1) is 0 Å². The Hall–Kier alpha value is -3.41. The van der Waals surface area contributed by atoms with Crippen LogP contribution in [0.2, 0.25) is 0 Å². The lowest BCUT2D eigenvalue weighted by Crippen LogP contribution is -2.49. The van der Waals surface area contributed by atoms with Crippen LogP contribution in [0.3, 0.4) is 0 Å². The molecule has 1 fully saturated rings. The highest BCUT2D eigenvalue weighted by Crippen LogP contribution is 2.22. The van der Waals surface area contributed by atoms with E-state index < -0.39 is 0 Å². The molecule has 0 aliphatic carbocycles. The Bertz CT molecular complexity index is 1040. The molecule has 1 N–H and O–H groups in total. The lowest BCUT2D eigenvalue weighted by molar-refractivity contribution is 0.0746. The molecule has 2 heterocycles. The van der Waals surface area contributed by atoms with Gasteiger partial charge in [-0.05, 0) is 45.0 Å². The van der Waals surface area contributed by atoms with Crippen LogP contribution in [0.1, 0.15) is 27.3 Å². The van der Waals surface area contributed by atoms with Gasteiger partial charge in [-0.3, -0.25) is 4.79 Å². The van der Waals surface area contributed by atoms with Crippen molar-refractivity contribution < 1.29 is 4.79 Å². The number of piperazine rings is 1. The number of amides is 1. The van der Waals surface area contributed by atoms with Crippen LogP contribution in [0.15, 0.2) is 54.6 Å². The number of benzene rings is 2. The average Bonchev–Trinajstić information content (AvgIpc) is 2.74. The summed E-state index contributed by atoms with van der Waals surface area (Å²) in [5.74, 6) is 2.48. The largest absolute Gasteiger partial charge is 0.353 e. The quantitative estimate of drug-likeness (QED) is 0.713. The first-order valence-electron chi connectivity index (χ1n) is 10.3. The third-order valence-corrected chi connectivity index (χ3v) is 5.30. The highest BCUT2D eigenvalue weighted by atomic mass is 16.2. The maximum atomic E-state index is 12.8. The van der Waals surface area contributed by atoms with E-state index in [0.29, 0.717) is 13.1 Å². The first kappa shape index (κ1) is 19.9. The third kappa shape index (κ3) is 4.59. The number of nitrogens with one attached hydrogen (secondary N) is 1. The zero-order chi connectivity index (χ0) is 21.1. The summed E-state index contributed by atoms with van der Waals surface area (Å²) < 4.78 is 0. The average molecular weight is 402 g/mol. The molecule has 0 unspecified atom stereocenters. The Kier molecular flexibility index (Phi) is 5.65. The number of carbonyl (C=O) groups is 1. The molecular weight excluding hydrogens is 374 g/mol. The molecule has 154 valence electrons. The first-order chi connectivity index (χ1) is 14.5. The van der Waals surface area contributed by atoms with Crippen molar-refractivity contribution in [2.24, 2.45) is 0 Å². The van der Waals surface area contributed by atoms with Gasteiger partial charge in [0.25, 0.3) is 5.91 Å². The van der Waals surface area contributed by atoms with E-state index in [1.807, 2.05) is 61.2 Å². The molecule has 1 saturated heterocycles. The van der Waals surface area contributed by atoms with Crippen LogP contribution in [0.25, 0.3) is 0 Å². The van der Waals surface area contributed by atoms with Crippen LogP contribution in [0.4, 0.5) is 17.3 Å². The Morgan fingerprint density at radius 3 is 2.30 bits per heavy atom. The number of aryl methyl sites for hydroxylation is 3. The van der Waals surface area contributed by atoms with Gasteiger partial charge in [0, 0.05) is 43.5 Å². The number of nitrogens with zero attached hydrogens (tertiary/aromatic N) is 4. The summed E-state index contributed by atoms with van der Waals surface area (Å²) in [7, 11) is 0. The summed E-state index contributed by atoms with van der Waals surface area (Å²) >= 11 is 0. The number of aromatic nitrogens is 2. The zero-order valence-electron chi connectivity index (χ0n) is 17.7. The van der Waals surface area contributed by atoms with E-state index in [1.54, 1.807) is 0 Å². The fraction of sp³-hybridized carbons (Fsp3) is 0.292. The van der Waals surface area contributed by atoms with Gasteiger partial charge in [-0.25, -0.2) is 9.97 Å². The molecule has 1 aromatic heterocycles. The Labute approximate surface area is 177 Å². The molecule has 0 spiro atoms. The van der Waals surface area contributed by atoms with E-state index in [1.165, 1.54) is 5.56 Å². The van der Waals surface area contributed by atoms with Gasteiger partial charge in [-0.15, -0.1) is 0 Å². The standard InChI is InChI=1S/C24H27N5O/c1-17-7-9-21(10-8-17)27-22-16-23(26-19(3)25-22)28-11-13-29(14-12-28)24(30)20-6-4-5-18(2)15-20/h4-10,15-16H,11-14H2,1-3H3,(H,25,26,27). The Morgan fingerprint density at radius 2 is 1.60 bits per heavy atom. The van der Waals surface area contributed by atoms with E-state index in [-0.39, 0.29) is 5.91 Å². The van der Waals surface area contributed by atoms with Crippen molar-refractivity contribution in [2.45, 2.75) is 20.8 Å². The van der Waals surface area contributed by atoms with Gasteiger partial charge in [-0.1, -0.05) is 35.4 Å². The summed E-state index contributed by atoms with van der Waals surface area (Å²) in [6.45, 7) is 8.83. The molecule has 0 bridgehead atoms. The SMILES string of the molecule is Cc1ccc(Nc2cc(N3CCN(C(=O)c4cccc(C)c4)CC3)nc(C)n2)cc1. The highest BCUT2D eigenvalue weighted by molar-refractivity contribution is 5.94. The smallest absolute Gasteiger partial charge is 0.253 e. The van der Waals surface area contributed by atoms with Crippen molar-refractivity contribution in [1.82, 2.24) is 14.9 Å². The molecule has 30 heavy (non-hydrogen) atoms. The minimum Gasteiger partial charge on any atom is -0.353 e. The number of hydrogen-bond acceptors (Lipinski definition) is 5. The maximum absolute atomic E-state index is 12.8. The van der Waals surface area contributed by atoms with Crippen molar-refractivity contribution in [2.75, 3.05) is 36.4 Å². The van der Waals surface area contributed by atoms with E-state index >= 15 is 0 Å². The van der Waals surface area contributed by atoms with E-state index in [0.717, 1.165) is 47.4 Å². The Balaban J connectivity index is 1.43. The predicted octanol–water partition coefficient (Wildman–Crippen LogP) is 4.11. The number of rotatable bonds is 4. The lowest BCUT2D eigenvalue weighted by atomic mass is 10.1. The molecule has 2 aromatic carbocycles. The lowest BCUT2D eigenvalue weighted by Gasteiger charge is -2.35. The number of carbonyl (C=O) groups excluding carboxylic acids is 1. The summed E-state index contributed by atoms with van der Waals surface area (Å²) in [6.07, 6.45) is 0. The van der Waals surface area contributed by atoms with Gasteiger partial charge in [-0.2, -0.15) is 0 Å². The molecular formula is C24H27N5O. The molecule has 1 aliphatic heterocycles. The molecule has 4 rings (SSSR count). The topological polar surface area (TPSA) is 61.4 Å². The Morgan fingerprint density at radius 1 is 0.867 bits per heavy atom. The van der Waals surface area contributed by atoms with Crippen molar-refractivity contribution in [1.29, 1.82) is 0 Å². The van der Waals surface area contributed by atoms with Crippen LogP contribution in [0, 0.1) is 20.8 Å². The van der Waals surface area contributed by atoms with Gasteiger partial charge < -0.3 is 15.1 Å². The van der Waals surface area contributed by atoms with Crippen molar-refractivity contribution in [3.8, 4) is 0 Å². The molecule has 0 saturated carbocycles. The summed E-state index contributed by atoms with van der Waals surface area (Å²) in [5.41, 5.74) is 4.08. The molecule has 1 amide bonds. The van der Waals surface area contributed by atoms with Crippen LogP contribution in [-0.4, -0.2) is 47.0 Å². The third-order valence-electron chi connectivity index (χ3n) is 5.30. The van der Waals surface area contributed by atoms with E-state index in [9.17, 15) is 4.79 Å². The monoisotopic (exact) mass is 401 g/mol. The maximum Gasteiger partial charge on any atom is 0.253 e. The van der Waals surface area contributed by atoms with E-state index in [4.69, 9.17) is 0 Å². The van der Waals surface area contributed by atoms with Crippen molar-refractivity contribution >= 4 is 23.2 Å². The van der Waals surface area contributed by atoms with Crippen molar-refractivity contribution in [3.63, 3.8) is 0 Å². The molecule has 0 atom stereocenters. The molecule has 3 aromatic rings. The van der Waals surface area contributed by atoms with Gasteiger partial charge >= 0.3 is 0 Å². The van der Waals surface area contributed by atoms with Crippen molar-refractivity contribution in [3.05, 3.63) is 77.1 Å². The minimum atomic E-state index is 0.0962. The summed E-state index contributed by atoms with van der Waals surface area (Å²) in [4.78, 5) is 26.1. The van der Waals surface area contributed by atoms with Gasteiger partial charge in [0.2, 0.25) is 0 Å². The second-order valence-electron chi connectivity index (χ2n) is 7.80. The minimum absolute atomic E-state index is 0.0962. The second kappa shape index (κ2) is 8.53. The summed E-state index contributed by atoms with van der Waals surface area (Å²) in [6, 6.07) is 18.0.